The zero-order valence-corrected chi connectivity index (χ0v) is 16.0. The van der Waals surface area contributed by atoms with Crippen LogP contribution in [0.5, 0.6) is 5.75 Å². The van der Waals surface area contributed by atoms with E-state index in [4.69, 9.17) is 16.3 Å². The Kier molecular flexibility index (Phi) is 5.57. The molecule has 0 aliphatic carbocycles. The zero-order valence-electron chi connectivity index (χ0n) is 15.2. The van der Waals surface area contributed by atoms with E-state index in [1.165, 1.54) is 25.1 Å². The molecule has 3 rings (SSSR count). The monoisotopic (exact) mass is 382 g/mol. The Hall–Kier alpha value is -3.12. The summed E-state index contributed by atoms with van der Waals surface area (Å²) in [6, 6.07) is 11.3. The maximum Gasteiger partial charge on any atom is 0.258 e. The highest BCUT2D eigenvalue weighted by atomic mass is 35.5. The van der Waals surface area contributed by atoms with Gasteiger partial charge in [0, 0.05) is 29.2 Å². The van der Waals surface area contributed by atoms with Crippen molar-refractivity contribution in [1.29, 1.82) is 0 Å². The van der Waals surface area contributed by atoms with Crippen molar-refractivity contribution in [2.45, 2.75) is 13.8 Å². The highest BCUT2D eigenvalue weighted by molar-refractivity contribution is 6.31. The molecule has 7 heteroatoms. The Labute approximate surface area is 162 Å². The molecule has 0 aliphatic heterocycles. The Bertz CT molecular complexity index is 957. The van der Waals surface area contributed by atoms with Gasteiger partial charge < -0.3 is 15.4 Å². The van der Waals surface area contributed by atoms with E-state index in [2.05, 4.69) is 20.6 Å². The maximum atomic E-state index is 12.5. The summed E-state index contributed by atoms with van der Waals surface area (Å²) in [5, 5.41) is 6.46. The van der Waals surface area contributed by atoms with E-state index in [1.54, 1.807) is 12.1 Å². The average molecular weight is 383 g/mol. The molecule has 138 valence electrons. The predicted molar refractivity (Wildman–Crippen MR) is 107 cm³/mol. The first-order valence-corrected chi connectivity index (χ1v) is 8.65. The van der Waals surface area contributed by atoms with Crippen molar-refractivity contribution in [2.75, 3.05) is 17.7 Å². The first-order valence-electron chi connectivity index (χ1n) is 8.27. The molecule has 0 saturated carbocycles. The zero-order chi connectivity index (χ0) is 19.4. The molecule has 0 saturated heterocycles. The topological polar surface area (TPSA) is 76.1 Å². The van der Waals surface area contributed by atoms with Crippen molar-refractivity contribution in [3.05, 3.63) is 70.5 Å². The molecule has 0 bridgehead atoms. The first kappa shape index (κ1) is 18.7. The standard InChI is InChI=1S/C20H19ClN4O2/c1-12-4-6-15(7-5-12)24-20-22-10-14(11-23-20)19(26)25-17-8-13(2)16(21)9-18(17)27-3/h4-11H,1-3H3,(H,25,26)(H,22,23,24). The SMILES string of the molecule is COc1cc(Cl)c(C)cc1NC(=O)c1cnc(Nc2ccc(C)cc2)nc1. The van der Waals surface area contributed by atoms with Gasteiger partial charge in [-0.25, -0.2) is 9.97 Å². The molecule has 0 spiro atoms. The summed E-state index contributed by atoms with van der Waals surface area (Å²) in [6.45, 7) is 3.87. The number of amides is 1. The number of hydrogen-bond donors (Lipinski definition) is 2. The molecule has 1 amide bonds. The lowest BCUT2D eigenvalue weighted by Gasteiger charge is -2.12. The van der Waals surface area contributed by atoms with Gasteiger partial charge >= 0.3 is 0 Å². The third kappa shape index (κ3) is 4.54. The van der Waals surface area contributed by atoms with Crippen LogP contribution in [0.25, 0.3) is 0 Å². The van der Waals surface area contributed by atoms with Gasteiger partial charge in [0.2, 0.25) is 5.95 Å². The fourth-order valence-electron chi connectivity index (χ4n) is 2.40. The molecule has 0 radical (unpaired) electrons. The van der Waals surface area contributed by atoms with Crippen molar-refractivity contribution in [3.8, 4) is 5.75 Å². The number of aromatic nitrogens is 2. The number of nitrogens with one attached hydrogen (secondary N) is 2. The van der Waals surface area contributed by atoms with Gasteiger partial charge in [-0.15, -0.1) is 0 Å². The van der Waals surface area contributed by atoms with Gasteiger partial charge in [-0.1, -0.05) is 29.3 Å². The maximum absolute atomic E-state index is 12.5. The number of carbonyl (C=O) groups excluding carboxylic acids is 1. The van der Waals surface area contributed by atoms with E-state index in [9.17, 15) is 4.79 Å². The number of nitrogens with zero attached hydrogens (tertiary/aromatic N) is 2. The van der Waals surface area contributed by atoms with Crippen LogP contribution in [0.3, 0.4) is 0 Å². The van der Waals surface area contributed by atoms with Crippen LogP contribution in [0.1, 0.15) is 21.5 Å². The van der Waals surface area contributed by atoms with Crippen molar-refractivity contribution in [1.82, 2.24) is 9.97 Å². The van der Waals surface area contributed by atoms with Crippen LogP contribution in [0.2, 0.25) is 5.02 Å². The van der Waals surface area contributed by atoms with Crippen LogP contribution >= 0.6 is 11.6 Å². The minimum absolute atomic E-state index is 0.333. The number of ether oxygens (including phenoxy) is 1. The van der Waals surface area contributed by atoms with Gasteiger partial charge in [0.25, 0.3) is 5.91 Å². The minimum Gasteiger partial charge on any atom is -0.495 e. The summed E-state index contributed by atoms with van der Waals surface area (Å²) < 4.78 is 5.27. The molecule has 1 aromatic heterocycles. The summed E-state index contributed by atoms with van der Waals surface area (Å²) in [5.41, 5.74) is 3.74. The highest BCUT2D eigenvalue weighted by Crippen LogP contribution is 2.31. The van der Waals surface area contributed by atoms with Crippen LogP contribution in [0, 0.1) is 13.8 Å². The number of hydrogen-bond acceptors (Lipinski definition) is 5. The Morgan fingerprint density at radius 3 is 2.37 bits per heavy atom. The third-order valence-electron chi connectivity index (χ3n) is 3.95. The van der Waals surface area contributed by atoms with Crippen LogP contribution in [0.4, 0.5) is 17.3 Å². The lowest BCUT2D eigenvalue weighted by molar-refractivity contribution is 0.102. The van der Waals surface area contributed by atoms with Crippen LogP contribution < -0.4 is 15.4 Å². The largest absolute Gasteiger partial charge is 0.495 e. The second-order valence-electron chi connectivity index (χ2n) is 6.04. The number of carbonyl (C=O) groups is 1. The molecule has 27 heavy (non-hydrogen) atoms. The Morgan fingerprint density at radius 1 is 1.07 bits per heavy atom. The van der Waals surface area contributed by atoms with Crippen LogP contribution in [0.15, 0.2) is 48.8 Å². The lowest BCUT2D eigenvalue weighted by atomic mass is 10.2. The molecule has 0 aliphatic rings. The predicted octanol–water partition coefficient (Wildman–Crippen LogP) is 4.75. The molecule has 0 fully saturated rings. The molecule has 0 unspecified atom stereocenters. The number of aryl methyl sites for hydroxylation is 2. The molecular weight excluding hydrogens is 364 g/mol. The first-order chi connectivity index (χ1) is 13.0. The molecule has 2 aromatic carbocycles. The molecule has 1 heterocycles. The summed E-state index contributed by atoms with van der Waals surface area (Å²) >= 11 is 6.09. The van der Waals surface area contributed by atoms with Crippen molar-refractivity contribution < 1.29 is 9.53 Å². The van der Waals surface area contributed by atoms with Gasteiger partial charge in [-0.2, -0.15) is 0 Å². The van der Waals surface area contributed by atoms with Gasteiger partial charge in [-0.3, -0.25) is 4.79 Å². The van der Waals surface area contributed by atoms with Crippen LogP contribution in [-0.4, -0.2) is 23.0 Å². The fourth-order valence-corrected chi connectivity index (χ4v) is 2.55. The quantitative estimate of drug-likeness (QED) is 0.665. The summed E-state index contributed by atoms with van der Waals surface area (Å²) in [4.78, 5) is 20.9. The van der Waals surface area contributed by atoms with E-state index < -0.39 is 0 Å². The van der Waals surface area contributed by atoms with Crippen molar-refractivity contribution in [3.63, 3.8) is 0 Å². The van der Waals surface area contributed by atoms with Crippen molar-refractivity contribution >= 4 is 34.8 Å². The Balaban J connectivity index is 1.72. The van der Waals surface area contributed by atoms with Crippen LogP contribution in [-0.2, 0) is 0 Å². The van der Waals surface area contributed by atoms with E-state index in [0.717, 1.165) is 11.3 Å². The van der Waals surface area contributed by atoms with E-state index in [-0.39, 0.29) is 5.91 Å². The molecular formula is C20H19ClN4O2. The van der Waals surface area contributed by atoms with E-state index in [1.807, 2.05) is 38.1 Å². The second kappa shape index (κ2) is 8.05. The van der Waals surface area contributed by atoms with Gasteiger partial charge in [0.15, 0.2) is 0 Å². The normalized spacial score (nSPS) is 10.4. The molecule has 6 nitrogen and oxygen atoms in total. The molecule has 0 atom stereocenters. The van der Waals surface area contributed by atoms with Gasteiger partial charge in [0.05, 0.1) is 18.4 Å². The molecule has 2 N–H and O–H groups in total. The Morgan fingerprint density at radius 2 is 1.74 bits per heavy atom. The number of methoxy groups -OCH3 is 1. The minimum atomic E-state index is -0.336. The summed E-state index contributed by atoms with van der Waals surface area (Å²) in [7, 11) is 1.52. The number of benzene rings is 2. The number of halogens is 1. The smallest absolute Gasteiger partial charge is 0.258 e. The number of anilines is 3. The lowest BCUT2D eigenvalue weighted by Crippen LogP contribution is -2.14. The average Bonchev–Trinajstić information content (AvgIpc) is 2.67. The summed E-state index contributed by atoms with van der Waals surface area (Å²) in [5.74, 6) is 0.560. The third-order valence-corrected chi connectivity index (χ3v) is 4.36. The van der Waals surface area contributed by atoms with E-state index in [0.29, 0.717) is 28.0 Å². The fraction of sp³-hybridized carbons (Fsp3) is 0.150. The van der Waals surface area contributed by atoms with E-state index >= 15 is 0 Å². The van der Waals surface area contributed by atoms with Crippen molar-refractivity contribution in [2.24, 2.45) is 0 Å². The number of rotatable bonds is 5. The summed E-state index contributed by atoms with van der Waals surface area (Å²) in [6.07, 6.45) is 2.93. The molecule has 3 aromatic rings. The highest BCUT2D eigenvalue weighted by Gasteiger charge is 2.13. The second-order valence-corrected chi connectivity index (χ2v) is 6.45. The van der Waals surface area contributed by atoms with Gasteiger partial charge in [0.1, 0.15) is 5.75 Å². The van der Waals surface area contributed by atoms with Gasteiger partial charge in [-0.05, 0) is 37.6 Å².